The standard InChI is InChI=1S/C10H13N5OS/c1-15-9(16)6(5-11)8(13-10(15)14-12)7-3-2-4-17-7/h2-4H,5,11-12H2,1H3,(H,13,14). The minimum Gasteiger partial charge on any atom is -0.326 e. The van der Waals surface area contributed by atoms with Crippen molar-refractivity contribution < 1.29 is 0 Å². The minimum atomic E-state index is -0.182. The smallest absolute Gasteiger partial charge is 0.259 e. The summed E-state index contributed by atoms with van der Waals surface area (Å²) in [6.45, 7) is 0.151. The lowest BCUT2D eigenvalue weighted by Crippen LogP contribution is -2.29. The number of rotatable bonds is 3. The van der Waals surface area contributed by atoms with Crippen LogP contribution in [0.2, 0.25) is 0 Å². The largest absolute Gasteiger partial charge is 0.326 e. The van der Waals surface area contributed by atoms with E-state index in [1.165, 1.54) is 15.9 Å². The third-order valence-corrected chi connectivity index (χ3v) is 3.35. The van der Waals surface area contributed by atoms with Crippen molar-refractivity contribution in [2.75, 3.05) is 5.43 Å². The normalized spacial score (nSPS) is 10.5. The first-order valence-electron chi connectivity index (χ1n) is 4.99. The Morgan fingerprint density at radius 1 is 1.59 bits per heavy atom. The van der Waals surface area contributed by atoms with Crippen LogP contribution in [0.5, 0.6) is 0 Å². The van der Waals surface area contributed by atoms with Gasteiger partial charge in [-0.2, -0.15) is 0 Å². The summed E-state index contributed by atoms with van der Waals surface area (Å²) in [5.41, 5.74) is 8.93. The Morgan fingerprint density at radius 2 is 2.35 bits per heavy atom. The predicted molar refractivity (Wildman–Crippen MR) is 68.5 cm³/mol. The number of nitrogen functional groups attached to an aromatic ring is 1. The molecular formula is C10H13N5OS. The van der Waals surface area contributed by atoms with Gasteiger partial charge in [-0.3, -0.25) is 14.8 Å². The van der Waals surface area contributed by atoms with Gasteiger partial charge in [0.05, 0.1) is 16.1 Å². The molecule has 2 heterocycles. The molecule has 0 saturated carbocycles. The van der Waals surface area contributed by atoms with E-state index >= 15 is 0 Å². The molecule has 0 fully saturated rings. The molecular weight excluding hydrogens is 238 g/mol. The molecule has 0 radical (unpaired) electrons. The average Bonchev–Trinajstić information content (AvgIpc) is 2.86. The van der Waals surface area contributed by atoms with Gasteiger partial charge in [0.25, 0.3) is 5.56 Å². The van der Waals surface area contributed by atoms with Gasteiger partial charge in [0, 0.05) is 13.6 Å². The Hall–Kier alpha value is -1.70. The highest BCUT2D eigenvalue weighted by Gasteiger charge is 2.15. The Balaban J connectivity index is 2.74. The summed E-state index contributed by atoms with van der Waals surface area (Å²) >= 11 is 1.50. The summed E-state index contributed by atoms with van der Waals surface area (Å²) in [5.74, 6) is 5.65. The van der Waals surface area contributed by atoms with E-state index in [4.69, 9.17) is 11.6 Å². The van der Waals surface area contributed by atoms with Crippen molar-refractivity contribution in [3.63, 3.8) is 0 Å². The van der Waals surface area contributed by atoms with Crippen LogP contribution in [0.1, 0.15) is 5.56 Å². The van der Waals surface area contributed by atoms with Crippen LogP contribution in [-0.4, -0.2) is 9.55 Å². The zero-order chi connectivity index (χ0) is 12.4. The van der Waals surface area contributed by atoms with E-state index in [0.29, 0.717) is 17.2 Å². The second kappa shape index (κ2) is 4.66. The third kappa shape index (κ3) is 1.95. The molecule has 7 heteroatoms. The molecule has 90 valence electrons. The third-order valence-electron chi connectivity index (χ3n) is 2.47. The van der Waals surface area contributed by atoms with Crippen molar-refractivity contribution in [2.45, 2.75) is 6.54 Å². The molecule has 0 aliphatic carbocycles. The van der Waals surface area contributed by atoms with Gasteiger partial charge in [0.15, 0.2) is 0 Å². The number of hydrogen-bond donors (Lipinski definition) is 3. The van der Waals surface area contributed by atoms with Gasteiger partial charge in [-0.1, -0.05) is 6.07 Å². The highest BCUT2D eigenvalue weighted by atomic mass is 32.1. The van der Waals surface area contributed by atoms with E-state index in [0.717, 1.165) is 4.88 Å². The number of anilines is 1. The first-order valence-corrected chi connectivity index (χ1v) is 5.87. The van der Waals surface area contributed by atoms with Gasteiger partial charge in [-0.25, -0.2) is 10.8 Å². The van der Waals surface area contributed by atoms with Crippen LogP contribution in [0.25, 0.3) is 10.6 Å². The topological polar surface area (TPSA) is 99.0 Å². The Bertz CT molecular complexity index is 575. The Morgan fingerprint density at radius 3 is 2.88 bits per heavy atom. The molecule has 2 aromatic heterocycles. The fraction of sp³-hybridized carbons (Fsp3) is 0.200. The molecule has 2 rings (SSSR count). The highest BCUT2D eigenvalue weighted by Crippen LogP contribution is 2.25. The quantitative estimate of drug-likeness (QED) is 0.536. The van der Waals surface area contributed by atoms with E-state index in [1.807, 2.05) is 17.5 Å². The molecule has 0 aromatic carbocycles. The van der Waals surface area contributed by atoms with Crippen molar-refractivity contribution in [2.24, 2.45) is 18.6 Å². The summed E-state index contributed by atoms with van der Waals surface area (Å²) in [5, 5.41) is 1.92. The molecule has 0 atom stereocenters. The summed E-state index contributed by atoms with van der Waals surface area (Å²) < 4.78 is 1.35. The second-order valence-corrected chi connectivity index (χ2v) is 4.40. The molecule has 17 heavy (non-hydrogen) atoms. The van der Waals surface area contributed by atoms with Gasteiger partial charge in [-0.05, 0) is 11.4 Å². The van der Waals surface area contributed by atoms with Crippen LogP contribution < -0.4 is 22.6 Å². The predicted octanol–water partition coefficient (Wildman–Crippen LogP) is 0.253. The number of nitrogens with two attached hydrogens (primary N) is 2. The lowest BCUT2D eigenvalue weighted by Gasteiger charge is -2.11. The molecule has 0 amide bonds. The number of hydrogen-bond acceptors (Lipinski definition) is 6. The molecule has 2 aromatic rings. The van der Waals surface area contributed by atoms with Gasteiger partial charge < -0.3 is 5.73 Å². The fourth-order valence-corrected chi connectivity index (χ4v) is 2.32. The molecule has 0 spiro atoms. The van der Waals surface area contributed by atoms with Crippen molar-refractivity contribution in [3.8, 4) is 10.6 Å². The maximum atomic E-state index is 12.0. The molecule has 0 unspecified atom stereocenters. The highest BCUT2D eigenvalue weighted by molar-refractivity contribution is 7.13. The van der Waals surface area contributed by atoms with Crippen molar-refractivity contribution in [1.29, 1.82) is 0 Å². The van der Waals surface area contributed by atoms with E-state index < -0.39 is 0 Å². The van der Waals surface area contributed by atoms with Crippen molar-refractivity contribution in [3.05, 3.63) is 33.4 Å². The number of hydrazine groups is 1. The van der Waals surface area contributed by atoms with Crippen LogP contribution in [0.15, 0.2) is 22.3 Å². The number of aromatic nitrogens is 2. The lowest BCUT2D eigenvalue weighted by atomic mass is 10.2. The van der Waals surface area contributed by atoms with Crippen LogP contribution in [0, 0.1) is 0 Å². The van der Waals surface area contributed by atoms with Crippen LogP contribution in [0.3, 0.4) is 0 Å². The van der Waals surface area contributed by atoms with Gasteiger partial charge in [-0.15, -0.1) is 11.3 Å². The lowest BCUT2D eigenvalue weighted by molar-refractivity contribution is 0.803. The van der Waals surface area contributed by atoms with Crippen LogP contribution in [-0.2, 0) is 13.6 Å². The number of thiophene rings is 1. The van der Waals surface area contributed by atoms with Crippen LogP contribution >= 0.6 is 11.3 Å². The van der Waals surface area contributed by atoms with E-state index in [9.17, 15) is 4.79 Å². The van der Waals surface area contributed by atoms with E-state index in [1.54, 1.807) is 7.05 Å². The molecule has 6 nitrogen and oxygen atoms in total. The first-order chi connectivity index (χ1) is 8.19. The zero-order valence-electron chi connectivity index (χ0n) is 9.30. The average molecular weight is 251 g/mol. The SMILES string of the molecule is Cn1c(NN)nc(-c2cccs2)c(CN)c1=O. The minimum absolute atomic E-state index is 0.151. The van der Waals surface area contributed by atoms with Crippen molar-refractivity contribution in [1.82, 2.24) is 9.55 Å². The molecule has 0 aliphatic heterocycles. The van der Waals surface area contributed by atoms with E-state index in [-0.39, 0.29) is 12.1 Å². The second-order valence-electron chi connectivity index (χ2n) is 3.45. The summed E-state index contributed by atoms with van der Waals surface area (Å²) in [4.78, 5) is 17.3. The van der Waals surface area contributed by atoms with Crippen molar-refractivity contribution >= 4 is 17.3 Å². The summed E-state index contributed by atoms with van der Waals surface area (Å²) in [6.07, 6.45) is 0. The summed E-state index contributed by atoms with van der Waals surface area (Å²) in [6, 6.07) is 3.79. The fourth-order valence-electron chi connectivity index (χ4n) is 1.58. The number of nitrogens with zero attached hydrogens (tertiary/aromatic N) is 2. The molecule has 0 bridgehead atoms. The monoisotopic (exact) mass is 251 g/mol. The van der Waals surface area contributed by atoms with E-state index in [2.05, 4.69) is 10.4 Å². The molecule has 5 N–H and O–H groups in total. The van der Waals surface area contributed by atoms with Crippen LogP contribution in [0.4, 0.5) is 5.95 Å². The maximum absolute atomic E-state index is 12.0. The first kappa shape index (κ1) is 11.8. The zero-order valence-corrected chi connectivity index (χ0v) is 10.1. The van der Waals surface area contributed by atoms with Gasteiger partial charge >= 0.3 is 0 Å². The number of nitrogens with one attached hydrogen (secondary N) is 1. The Kier molecular flexibility index (Phi) is 3.23. The van der Waals surface area contributed by atoms with Gasteiger partial charge in [0.2, 0.25) is 5.95 Å². The van der Waals surface area contributed by atoms with Gasteiger partial charge in [0.1, 0.15) is 0 Å². The maximum Gasteiger partial charge on any atom is 0.259 e. The summed E-state index contributed by atoms with van der Waals surface area (Å²) in [7, 11) is 1.60. The molecule has 0 aliphatic rings. The Labute approximate surface area is 102 Å². The molecule has 0 saturated heterocycles.